The topological polar surface area (TPSA) is 67.6 Å². The van der Waals surface area contributed by atoms with Crippen LogP contribution in [-0.4, -0.2) is 52.4 Å². The molecule has 1 N–H and O–H groups in total. The Kier molecular flexibility index (Phi) is 9.42. The van der Waals surface area contributed by atoms with Gasteiger partial charge in [0.1, 0.15) is 12.4 Å². The quantitative estimate of drug-likeness (QED) is 0.289. The van der Waals surface area contributed by atoms with Crippen LogP contribution in [0, 0.1) is 0 Å². The molecule has 0 amide bonds. The number of guanidine groups is 1. The van der Waals surface area contributed by atoms with E-state index < -0.39 is 0 Å². The molecule has 0 aliphatic rings. The zero-order valence-corrected chi connectivity index (χ0v) is 19.1. The highest BCUT2D eigenvalue weighted by molar-refractivity contribution is 14.0. The third-order valence-corrected chi connectivity index (χ3v) is 4.10. The van der Waals surface area contributed by atoms with Crippen LogP contribution in [0.5, 0.6) is 5.75 Å². The largest absolute Gasteiger partial charge is 0.492 e. The van der Waals surface area contributed by atoms with Crippen molar-refractivity contribution < 1.29 is 4.74 Å². The molecule has 0 radical (unpaired) electrons. The minimum atomic E-state index is 0. The van der Waals surface area contributed by atoms with Crippen LogP contribution >= 0.6 is 24.0 Å². The number of benzene rings is 1. The highest BCUT2D eigenvalue weighted by atomic mass is 127. The lowest BCUT2D eigenvalue weighted by Crippen LogP contribution is -2.40. The van der Waals surface area contributed by atoms with E-state index in [0.717, 1.165) is 36.2 Å². The van der Waals surface area contributed by atoms with Gasteiger partial charge >= 0.3 is 0 Å². The maximum absolute atomic E-state index is 5.78. The van der Waals surface area contributed by atoms with Crippen molar-refractivity contribution >= 4 is 29.9 Å². The van der Waals surface area contributed by atoms with Crippen LogP contribution in [0.3, 0.4) is 0 Å². The van der Waals surface area contributed by atoms with Gasteiger partial charge < -0.3 is 15.0 Å². The number of pyridine rings is 1. The van der Waals surface area contributed by atoms with Crippen LogP contribution in [0.1, 0.15) is 12.5 Å². The highest BCUT2D eigenvalue weighted by Crippen LogP contribution is 2.09. The monoisotopic (exact) mass is 506 g/mol. The van der Waals surface area contributed by atoms with E-state index in [1.807, 2.05) is 61.8 Å². The van der Waals surface area contributed by atoms with Gasteiger partial charge in [-0.15, -0.1) is 24.0 Å². The number of rotatable bonds is 8. The fraction of sp³-hybridized carbons (Fsp3) is 0.286. The molecule has 0 unspecified atom stereocenters. The molecule has 29 heavy (non-hydrogen) atoms. The summed E-state index contributed by atoms with van der Waals surface area (Å²) < 4.78 is 7.52. The van der Waals surface area contributed by atoms with Crippen molar-refractivity contribution in [2.75, 3.05) is 26.7 Å². The molecule has 0 bridgehead atoms. The molecule has 1 aromatic carbocycles. The molecule has 3 rings (SSSR count). The third kappa shape index (κ3) is 7.04. The lowest BCUT2D eigenvalue weighted by Gasteiger charge is -2.22. The number of nitrogens with one attached hydrogen (secondary N) is 1. The van der Waals surface area contributed by atoms with Gasteiger partial charge in [-0.2, -0.15) is 5.10 Å². The molecule has 2 aromatic heterocycles. The Balaban J connectivity index is 0.00000300. The zero-order chi connectivity index (χ0) is 19.6. The summed E-state index contributed by atoms with van der Waals surface area (Å²) in [4.78, 5) is 11.2. The molecule has 0 saturated carbocycles. The van der Waals surface area contributed by atoms with Crippen LogP contribution in [0.25, 0.3) is 5.82 Å². The average Bonchev–Trinajstić information content (AvgIpc) is 3.27. The molecule has 0 aliphatic carbocycles. The van der Waals surface area contributed by atoms with E-state index in [4.69, 9.17) is 9.73 Å². The van der Waals surface area contributed by atoms with Crippen molar-refractivity contribution in [1.29, 1.82) is 0 Å². The molecule has 0 saturated heterocycles. The summed E-state index contributed by atoms with van der Waals surface area (Å²) in [7, 11) is 2.01. The first-order valence-electron chi connectivity index (χ1n) is 9.38. The lowest BCUT2D eigenvalue weighted by molar-refractivity contribution is 0.281. The first-order chi connectivity index (χ1) is 13.8. The molecule has 154 valence electrons. The third-order valence-electron chi connectivity index (χ3n) is 4.10. The van der Waals surface area contributed by atoms with Crippen molar-refractivity contribution in [3.63, 3.8) is 0 Å². The van der Waals surface area contributed by atoms with Gasteiger partial charge in [-0.3, -0.25) is 0 Å². The molecule has 0 atom stereocenters. The van der Waals surface area contributed by atoms with E-state index in [1.165, 1.54) is 0 Å². The first-order valence-corrected chi connectivity index (χ1v) is 9.38. The fourth-order valence-electron chi connectivity index (χ4n) is 2.65. The SMILES string of the molecule is CCNC(=NCc1ccnc(-n2cccn2)c1)N(C)CCOc1ccccc1.I. The molecule has 0 aliphatic heterocycles. The highest BCUT2D eigenvalue weighted by Gasteiger charge is 2.06. The summed E-state index contributed by atoms with van der Waals surface area (Å²) in [5.41, 5.74) is 1.07. The number of para-hydroxylation sites is 1. The van der Waals surface area contributed by atoms with Crippen molar-refractivity contribution in [1.82, 2.24) is 25.0 Å². The molecule has 0 spiro atoms. The molecule has 7 nitrogen and oxygen atoms in total. The van der Waals surface area contributed by atoms with Gasteiger partial charge in [-0.1, -0.05) is 18.2 Å². The minimum absolute atomic E-state index is 0. The number of aliphatic imine (C=N–C) groups is 1. The predicted octanol–water partition coefficient (Wildman–Crippen LogP) is 3.36. The van der Waals surface area contributed by atoms with E-state index >= 15 is 0 Å². The molecular weight excluding hydrogens is 479 g/mol. The van der Waals surface area contributed by atoms with Crippen LogP contribution in [0.15, 0.2) is 72.1 Å². The van der Waals surface area contributed by atoms with Crippen LogP contribution in [0.4, 0.5) is 0 Å². The smallest absolute Gasteiger partial charge is 0.194 e. The Hall–Kier alpha value is -2.62. The van der Waals surface area contributed by atoms with Gasteiger partial charge in [0.2, 0.25) is 0 Å². The van der Waals surface area contributed by atoms with Crippen molar-refractivity contribution in [2.45, 2.75) is 13.5 Å². The summed E-state index contributed by atoms with van der Waals surface area (Å²) in [6.07, 6.45) is 5.40. The molecular formula is C21H27IN6O. The van der Waals surface area contributed by atoms with E-state index in [1.54, 1.807) is 17.1 Å². The summed E-state index contributed by atoms with van der Waals surface area (Å²) in [5.74, 6) is 2.50. The normalized spacial score (nSPS) is 10.9. The van der Waals surface area contributed by atoms with Gasteiger partial charge in [0.05, 0.1) is 13.1 Å². The maximum Gasteiger partial charge on any atom is 0.194 e. The molecule has 0 fully saturated rings. The predicted molar refractivity (Wildman–Crippen MR) is 126 cm³/mol. The zero-order valence-electron chi connectivity index (χ0n) is 16.7. The second kappa shape index (κ2) is 12.1. The standard InChI is InChI=1S/C21H26N6O.HI/c1-3-22-21(26(2)14-15-28-19-8-5-4-6-9-19)24-17-18-10-12-23-20(16-18)27-13-7-11-25-27;/h4-13,16H,3,14-15,17H2,1-2H3,(H,22,24);1H. The van der Waals surface area contributed by atoms with Gasteiger partial charge in [0.15, 0.2) is 11.8 Å². The number of likely N-dealkylation sites (N-methyl/N-ethyl adjacent to an activating group) is 1. The molecule has 8 heteroatoms. The van der Waals surface area contributed by atoms with Gasteiger partial charge in [0, 0.05) is 32.2 Å². The van der Waals surface area contributed by atoms with E-state index in [-0.39, 0.29) is 24.0 Å². The number of halogens is 1. The number of ether oxygens (including phenoxy) is 1. The minimum Gasteiger partial charge on any atom is -0.492 e. The Morgan fingerprint density at radius 3 is 2.72 bits per heavy atom. The Morgan fingerprint density at radius 1 is 1.17 bits per heavy atom. The van der Waals surface area contributed by atoms with Crippen molar-refractivity contribution in [2.24, 2.45) is 4.99 Å². The van der Waals surface area contributed by atoms with Crippen LogP contribution in [0.2, 0.25) is 0 Å². The van der Waals surface area contributed by atoms with E-state index in [9.17, 15) is 0 Å². The fourth-order valence-corrected chi connectivity index (χ4v) is 2.65. The Morgan fingerprint density at radius 2 is 2.00 bits per heavy atom. The second-order valence-electron chi connectivity index (χ2n) is 6.23. The van der Waals surface area contributed by atoms with Crippen LogP contribution in [-0.2, 0) is 6.54 Å². The second-order valence-corrected chi connectivity index (χ2v) is 6.23. The first kappa shape index (κ1) is 22.7. The van der Waals surface area contributed by atoms with E-state index in [2.05, 4.69) is 27.2 Å². The lowest BCUT2D eigenvalue weighted by atomic mass is 10.2. The van der Waals surface area contributed by atoms with Crippen molar-refractivity contribution in [3.8, 4) is 11.6 Å². The average molecular weight is 506 g/mol. The Bertz CT molecular complexity index is 870. The number of aromatic nitrogens is 3. The number of nitrogens with zero attached hydrogens (tertiary/aromatic N) is 5. The number of hydrogen-bond acceptors (Lipinski definition) is 4. The number of hydrogen-bond donors (Lipinski definition) is 1. The van der Waals surface area contributed by atoms with Gasteiger partial charge in [-0.05, 0) is 42.8 Å². The summed E-state index contributed by atoms with van der Waals surface area (Å²) in [6, 6.07) is 15.7. The van der Waals surface area contributed by atoms with Crippen LogP contribution < -0.4 is 10.1 Å². The maximum atomic E-state index is 5.78. The van der Waals surface area contributed by atoms with E-state index in [0.29, 0.717) is 13.2 Å². The summed E-state index contributed by atoms with van der Waals surface area (Å²) >= 11 is 0. The summed E-state index contributed by atoms with van der Waals surface area (Å²) in [6.45, 7) is 4.74. The Labute approximate surface area is 188 Å². The van der Waals surface area contributed by atoms with Crippen molar-refractivity contribution in [3.05, 3.63) is 72.7 Å². The summed E-state index contributed by atoms with van der Waals surface area (Å²) in [5, 5.41) is 7.55. The van der Waals surface area contributed by atoms with Gasteiger partial charge in [0.25, 0.3) is 0 Å². The van der Waals surface area contributed by atoms with Gasteiger partial charge in [-0.25, -0.2) is 14.7 Å². The molecule has 2 heterocycles. The molecule has 3 aromatic rings.